The van der Waals surface area contributed by atoms with Gasteiger partial charge in [-0.25, -0.2) is 4.79 Å². The maximum absolute atomic E-state index is 12.2. The summed E-state index contributed by atoms with van der Waals surface area (Å²) >= 11 is 0. The molecule has 0 saturated carbocycles. The molecule has 1 aliphatic heterocycles. The fourth-order valence-corrected chi connectivity index (χ4v) is 3.36. The minimum absolute atomic E-state index is 0.109. The van der Waals surface area contributed by atoms with Gasteiger partial charge in [-0.2, -0.15) is 0 Å². The van der Waals surface area contributed by atoms with Crippen molar-refractivity contribution in [3.63, 3.8) is 0 Å². The van der Waals surface area contributed by atoms with Gasteiger partial charge in [0.2, 0.25) is 0 Å². The van der Waals surface area contributed by atoms with Gasteiger partial charge < -0.3 is 9.73 Å². The molecule has 0 aliphatic carbocycles. The monoisotopic (exact) mass is 291 g/mol. The summed E-state index contributed by atoms with van der Waals surface area (Å²) in [6.45, 7) is 6.37. The normalized spacial score (nSPS) is 16.2. The van der Waals surface area contributed by atoms with Gasteiger partial charge >= 0.3 is 5.63 Å². The molecule has 110 valence electrons. The SMILES string of the molecule is CC1=CC(C)(C)Nc2cc3oc(=O)c4ccccc4c3cc21. The molecule has 0 saturated heterocycles. The van der Waals surface area contributed by atoms with Crippen LogP contribution in [0.5, 0.6) is 0 Å². The van der Waals surface area contributed by atoms with Gasteiger partial charge in [0.25, 0.3) is 0 Å². The second-order valence-electron chi connectivity index (χ2n) is 6.50. The molecule has 2 aromatic carbocycles. The Balaban J connectivity index is 2.13. The molecule has 3 heteroatoms. The van der Waals surface area contributed by atoms with Crippen LogP contribution in [0, 0.1) is 0 Å². The van der Waals surface area contributed by atoms with Gasteiger partial charge in [0.1, 0.15) is 5.58 Å². The Kier molecular flexibility index (Phi) is 2.52. The molecule has 0 spiro atoms. The highest BCUT2D eigenvalue weighted by atomic mass is 16.4. The molecule has 4 rings (SSSR count). The molecule has 0 fully saturated rings. The van der Waals surface area contributed by atoms with E-state index in [0.717, 1.165) is 22.0 Å². The molecule has 3 aromatic rings. The molecule has 22 heavy (non-hydrogen) atoms. The van der Waals surface area contributed by atoms with Crippen LogP contribution in [-0.2, 0) is 0 Å². The van der Waals surface area contributed by atoms with E-state index < -0.39 is 0 Å². The lowest BCUT2D eigenvalue weighted by atomic mass is 9.90. The summed E-state index contributed by atoms with van der Waals surface area (Å²) in [5.41, 5.74) is 3.63. The number of hydrogen-bond donors (Lipinski definition) is 1. The quantitative estimate of drug-likeness (QED) is 0.488. The number of nitrogens with one attached hydrogen (secondary N) is 1. The fourth-order valence-electron chi connectivity index (χ4n) is 3.36. The molecule has 0 amide bonds. The van der Waals surface area contributed by atoms with Crippen molar-refractivity contribution in [2.75, 3.05) is 5.32 Å². The standard InChI is InChI=1S/C19H17NO2/c1-11-10-19(2,3)20-16-9-17-15(8-14(11)16)12-6-4-5-7-13(12)18(21)22-17/h4-10,20H,1-3H3. The Labute approximate surface area is 128 Å². The highest BCUT2D eigenvalue weighted by molar-refractivity contribution is 6.07. The van der Waals surface area contributed by atoms with Gasteiger partial charge in [-0.05, 0) is 43.9 Å². The zero-order valence-electron chi connectivity index (χ0n) is 12.9. The third kappa shape index (κ3) is 1.86. The summed E-state index contributed by atoms with van der Waals surface area (Å²) < 4.78 is 5.53. The molecule has 2 heterocycles. The van der Waals surface area contributed by atoms with E-state index in [-0.39, 0.29) is 11.2 Å². The van der Waals surface area contributed by atoms with Crippen LogP contribution in [0.3, 0.4) is 0 Å². The Hall–Kier alpha value is -2.55. The number of anilines is 1. The minimum atomic E-state index is -0.287. The lowest BCUT2D eigenvalue weighted by molar-refractivity contribution is 0.569. The molecular weight excluding hydrogens is 274 g/mol. The van der Waals surface area contributed by atoms with Crippen LogP contribution < -0.4 is 10.9 Å². The lowest BCUT2D eigenvalue weighted by Gasteiger charge is -2.31. The Morgan fingerprint density at radius 3 is 2.55 bits per heavy atom. The lowest BCUT2D eigenvalue weighted by Crippen LogP contribution is -2.31. The van der Waals surface area contributed by atoms with E-state index in [0.29, 0.717) is 11.0 Å². The summed E-state index contributed by atoms with van der Waals surface area (Å²) in [6.07, 6.45) is 2.22. The molecular formula is C19H17NO2. The van der Waals surface area contributed by atoms with Gasteiger partial charge in [-0.15, -0.1) is 0 Å². The maximum Gasteiger partial charge on any atom is 0.344 e. The van der Waals surface area contributed by atoms with E-state index in [1.807, 2.05) is 30.3 Å². The molecule has 0 bridgehead atoms. The van der Waals surface area contributed by atoms with Crippen LogP contribution in [0.2, 0.25) is 0 Å². The second-order valence-corrected chi connectivity index (χ2v) is 6.50. The Morgan fingerprint density at radius 1 is 1.05 bits per heavy atom. The van der Waals surface area contributed by atoms with Crippen molar-refractivity contribution in [1.82, 2.24) is 0 Å². The predicted molar refractivity (Wildman–Crippen MR) is 91.3 cm³/mol. The van der Waals surface area contributed by atoms with E-state index in [2.05, 4.69) is 38.2 Å². The van der Waals surface area contributed by atoms with Crippen molar-refractivity contribution in [2.45, 2.75) is 26.3 Å². The highest BCUT2D eigenvalue weighted by Crippen LogP contribution is 2.37. The third-order valence-corrected chi connectivity index (χ3v) is 4.22. The van der Waals surface area contributed by atoms with Crippen molar-refractivity contribution in [3.8, 4) is 0 Å². The Morgan fingerprint density at radius 2 is 1.77 bits per heavy atom. The first-order valence-electron chi connectivity index (χ1n) is 7.42. The van der Waals surface area contributed by atoms with Gasteiger partial charge in [-0.1, -0.05) is 24.3 Å². The number of benzene rings is 2. The van der Waals surface area contributed by atoms with E-state index in [1.54, 1.807) is 0 Å². The first-order chi connectivity index (χ1) is 10.4. The van der Waals surface area contributed by atoms with Gasteiger partial charge in [-0.3, -0.25) is 0 Å². The number of allylic oxidation sites excluding steroid dienone is 1. The highest BCUT2D eigenvalue weighted by Gasteiger charge is 2.23. The summed E-state index contributed by atoms with van der Waals surface area (Å²) in [7, 11) is 0. The van der Waals surface area contributed by atoms with Crippen LogP contribution in [0.4, 0.5) is 5.69 Å². The molecule has 0 unspecified atom stereocenters. The molecule has 0 radical (unpaired) electrons. The van der Waals surface area contributed by atoms with E-state index in [1.165, 1.54) is 5.57 Å². The van der Waals surface area contributed by atoms with Crippen molar-refractivity contribution >= 4 is 33.0 Å². The maximum atomic E-state index is 12.2. The zero-order chi connectivity index (χ0) is 15.5. The van der Waals surface area contributed by atoms with Crippen LogP contribution in [0.1, 0.15) is 26.3 Å². The second kappa shape index (κ2) is 4.23. The van der Waals surface area contributed by atoms with Gasteiger partial charge in [0.05, 0.1) is 10.9 Å². The summed E-state index contributed by atoms with van der Waals surface area (Å²) in [6, 6.07) is 11.6. The average molecular weight is 291 g/mol. The van der Waals surface area contributed by atoms with Crippen LogP contribution in [0.25, 0.3) is 27.3 Å². The first-order valence-corrected chi connectivity index (χ1v) is 7.42. The van der Waals surface area contributed by atoms with Gasteiger partial charge in [0, 0.05) is 22.7 Å². The first kappa shape index (κ1) is 13.1. The number of fused-ring (bicyclic) bond motifs is 4. The molecule has 1 aromatic heterocycles. The summed E-state index contributed by atoms with van der Waals surface area (Å²) in [4.78, 5) is 12.2. The van der Waals surface area contributed by atoms with Crippen molar-refractivity contribution in [2.24, 2.45) is 0 Å². The summed E-state index contributed by atoms with van der Waals surface area (Å²) in [5, 5.41) is 6.03. The average Bonchev–Trinajstić information content (AvgIpc) is 2.45. The minimum Gasteiger partial charge on any atom is -0.422 e. The number of hydrogen-bond acceptors (Lipinski definition) is 3. The molecule has 1 aliphatic rings. The smallest absolute Gasteiger partial charge is 0.344 e. The van der Waals surface area contributed by atoms with Crippen LogP contribution in [-0.4, -0.2) is 5.54 Å². The Bertz CT molecular complexity index is 1010. The summed E-state index contributed by atoms with van der Waals surface area (Å²) in [5.74, 6) is 0. The van der Waals surface area contributed by atoms with E-state index in [9.17, 15) is 4.79 Å². The molecule has 0 atom stereocenters. The van der Waals surface area contributed by atoms with Crippen LogP contribution >= 0.6 is 0 Å². The largest absolute Gasteiger partial charge is 0.422 e. The van der Waals surface area contributed by atoms with Crippen molar-refractivity contribution in [1.29, 1.82) is 0 Å². The zero-order valence-corrected chi connectivity index (χ0v) is 12.9. The molecule has 3 nitrogen and oxygen atoms in total. The fraction of sp³-hybridized carbons (Fsp3) is 0.211. The topological polar surface area (TPSA) is 42.2 Å². The van der Waals surface area contributed by atoms with E-state index in [4.69, 9.17) is 4.42 Å². The predicted octanol–water partition coefficient (Wildman–Crippen LogP) is 4.55. The van der Waals surface area contributed by atoms with Gasteiger partial charge in [0.15, 0.2) is 0 Å². The number of rotatable bonds is 0. The van der Waals surface area contributed by atoms with Crippen molar-refractivity contribution < 1.29 is 4.42 Å². The van der Waals surface area contributed by atoms with E-state index >= 15 is 0 Å². The van der Waals surface area contributed by atoms with Crippen molar-refractivity contribution in [3.05, 3.63) is 58.5 Å². The van der Waals surface area contributed by atoms with Crippen LogP contribution in [0.15, 0.2) is 51.7 Å². The molecule has 1 N–H and O–H groups in total. The third-order valence-electron chi connectivity index (χ3n) is 4.22.